The van der Waals surface area contributed by atoms with Gasteiger partial charge in [-0.2, -0.15) is 0 Å². The van der Waals surface area contributed by atoms with Gasteiger partial charge in [0.05, 0.1) is 5.69 Å². The number of rotatable bonds is 2. The molecule has 0 saturated carbocycles. The molecule has 1 aliphatic heterocycles. The molecule has 1 fully saturated rings. The second kappa shape index (κ2) is 4.10. The van der Waals surface area contributed by atoms with E-state index < -0.39 is 0 Å². The van der Waals surface area contributed by atoms with Crippen LogP contribution in [0.25, 0.3) is 11.1 Å². The molecule has 5 nitrogen and oxygen atoms in total. The standard InChI is InChI=1S/C13H15N3O2/c1-8-15-13-10(3-2-4-11(13)18-8)16-7-9(6-14)5-12(16)17/h2-4,9H,5-7,14H2,1H3. The highest BCUT2D eigenvalue weighted by Gasteiger charge is 2.31. The van der Waals surface area contributed by atoms with Gasteiger partial charge in [0.15, 0.2) is 11.5 Å². The number of para-hydroxylation sites is 1. The first kappa shape index (κ1) is 11.2. The van der Waals surface area contributed by atoms with Crippen LogP contribution in [0.15, 0.2) is 22.6 Å². The molecule has 3 rings (SSSR count). The van der Waals surface area contributed by atoms with Gasteiger partial charge in [-0.05, 0) is 24.6 Å². The largest absolute Gasteiger partial charge is 0.441 e. The van der Waals surface area contributed by atoms with Crippen molar-refractivity contribution in [2.45, 2.75) is 13.3 Å². The summed E-state index contributed by atoms with van der Waals surface area (Å²) in [5, 5.41) is 0. The van der Waals surface area contributed by atoms with E-state index in [2.05, 4.69) is 4.98 Å². The fourth-order valence-electron chi connectivity index (χ4n) is 2.43. The lowest BCUT2D eigenvalue weighted by molar-refractivity contribution is -0.117. The van der Waals surface area contributed by atoms with Crippen LogP contribution in [0.5, 0.6) is 0 Å². The predicted octanol–water partition coefficient (Wildman–Crippen LogP) is 1.45. The van der Waals surface area contributed by atoms with Crippen LogP contribution in [0.4, 0.5) is 5.69 Å². The van der Waals surface area contributed by atoms with Crippen molar-refractivity contribution in [3.8, 4) is 0 Å². The number of carbonyl (C=O) groups excluding carboxylic acids is 1. The molecule has 1 aromatic heterocycles. The van der Waals surface area contributed by atoms with Crippen molar-refractivity contribution in [1.29, 1.82) is 0 Å². The number of nitrogens with zero attached hydrogens (tertiary/aromatic N) is 2. The summed E-state index contributed by atoms with van der Waals surface area (Å²) in [6.07, 6.45) is 0.518. The SMILES string of the molecule is Cc1nc2c(N3CC(CN)CC3=O)cccc2o1. The molecule has 2 aromatic rings. The van der Waals surface area contributed by atoms with Crippen LogP contribution in [0.2, 0.25) is 0 Å². The molecule has 1 aromatic carbocycles. The van der Waals surface area contributed by atoms with E-state index in [-0.39, 0.29) is 11.8 Å². The summed E-state index contributed by atoms with van der Waals surface area (Å²) in [7, 11) is 0. The van der Waals surface area contributed by atoms with Gasteiger partial charge in [0.2, 0.25) is 5.91 Å². The Kier molecular flexibility index (Phi) is 2.56. The molecule has 0 spiro atoms. The Morgan fingerprint density at radius 1 is 1.56 bits per heavy atom. The highest BCUT2D eigenvalue weighted by molar-refractivity contribution is 6.02. The monoisotopic (exact) mass is 245 g/mol. The van der Waals surface area contributed by atoms with Crippen LogP contribution in [-0.2, 0) is 4.79 Å². The topological polar surface area (TPSA) is 72.4 Å². The number of anilines is 1. The maximum Gasteiger partial charge on any atom is 0.227 e. The Morgan fingerprint density at radius 2 is 2.39 bits per heavy atom. The summed E-state index contributed by atoms with van der Waals surface area (Å²) in [5.41, 5.74) is 7.93. The lowest BCUT2D eigenvalue weighted by Gasteiger charge is -2.16. The second-order valence-electron chi connectivity index (χ2n) is 4.67. The molecule has 0 radical (unpaired) electrons. The molecule has 0 aliphatic carbocycles. The summed E-state index contributed by atoms with van der Waals surface area (Å²) < 4.78 is 5.48. The maximum absolute atomic E-state index is 12.0. The van der Waals surface area contributed by atoms with Crippen LogP contribution in [-0.4, -0.2) is 24.0 Å². The van der Waals surface area contributed by atoms with E-state index in [9.17, 15) is 4.79 Å². The number of nitrogens with two attached hydrogens (primary N) is 1. The van der Waals surface area contributed by atoms with E-state index in [0.717, 1.165) is 11.2 Å². The Bertz CT molecular complexity index is 605. The highest BCUT2D eigenvalue weighted by atomic mass is 16.3. The average Bonchev–Trinajstić information content (AvgIpc) is 2.90. The smallest absolute Gasteiger partial charge is 0.227 e. The number of carbonyl (C=O) groups is 1. The van der Waals surface area contributed by atoms with E-state index in [0.29, 0.717) is 31.0 Å². The number of benzene rings is 1. The molecule has 1 amide bonds. The average molecular weight is 245 g/mol. The molecular weight excluding hydrogens is 230 g/mol. The Balaban J connectivity index is 2.06. The zero-order chi connectivity index (χ0) is 12.7. The highest BCUT2D eigenvalue weighted by Crippen LogP contribution is 2.31. The van der Waals surface area contributed by atoms with Crippen molar-refractivity contribution in [3.05, 3.63) is 24.1 Å². The van der Waals surface area contributed by atoms with Crippen LogP contribution in [0, 0.1) is 12.8 Å². The minimum atomic E-state index is 0.110. The maximum atomic E-state index is 12.0. The van der Waals surface area contributed by atoms with Gasteiger partial charge in [0, 0.05) is 19.9 Å². The van der Waals surface area contributed by atoms with Crippen molar-refractivity contribution in [2.75, 3.05) is 18.0 Å². The van der Waals surface area contributed by atoms with Gasteiger partial charge < -0.3 is 15.1 Å². The minimum absolute atomic E-state index is 0.110. The third kappa shape index (κ3) is 1.67. The Morgan fingerprint density at radius 3 is 3.11 bits per heavy atom. The molecule has 5 heteroatoms. The third-order valence-electron chi connectivity index (χ3n) is 3.33. The first-order valence-electron chi connectivity index (χ1n) is 6.05. The number of aryl methyl sites for hydroxylation is 1. The fourth-order valence-corrected chi connectivity index (χ4v) is 2.43. The van der Waals surface area contributed by atoms with E-state index in [1.807, 2.05) is 18.2 Å². The van der Waals surface area contributed by atoms with E-state index >= 15 is 0 Å². The summed E-state index contributed by atoms with van der Waals surface area (Å²) in [5.74, 6) is 0.957. The number of hydrogen-bond acceptors (Lipinski definition) is 4. The van der Waals surface area contributed by atoms with Gasteiger partial charge in [-0.25, -0.2) is 4.98 Å². The molecule has 2 heterocycles. The van der Waals surface area contributed by atoms with Gasteiger partial charge >= 0.3 is 0 Å². The summed E-state index contributed by atoms with van der Waals surface area (Å²) in [6, 6.07) is 5.65. The van der Waals surface area contributed by atoms with Crippen molar-refractivity contribution in [1.82, 2.24) is 4.98 Å². The van der Waals surface area contributed by atoms with E-state index in [1.54, 1.807) is 11.8 Å². The van der Waals surface area contributed by atoms with Gasteiger partial charge in [-0.15, -0.1) is 0 Å². The number of hydrogen-bond donors (Lipinski definition) is 1. The van der Waals surface area contributed by atoms with Crippen molar-refractivity contribution >= 4 is 22.7 Å². The molecule has 2 N–H and O–H groups in total. The van der Waals surface area contributed by atoms with Gasteiger partial charge in [0.1, 0.15) is 5.52 Å². The molecule has 1 saturated heterocycles. The first-order chi connectivity index (χ1) is 8.69. The minimum Gasteiger partial charge on any atom is -0.441 e. The van der Waals surface area contributed by atoms with Gasteiger partial charge in [-0.1, -0.05) is 6.07 Å². The summed E-state index contributed by atoms with van der Waals surface area (Å²) >= 11 is 0. The lowest BCUT2D eigenvalue weighted by atomic mass is 10.1. The van der Waals surface area contributed by atoms with Crippen LogP contribution in [0.1, 0.15) is 12.3 Å². The molecule has 1 aliphatic rings. The molecule has 0 bridgehead atoms. The quantitative estimate of drug-likeness (QED) is 0.869. The second-order valence-corrected chi connectivity index (χ2v) is 4.67. The molecule has 18 heavy (non-hydrogen) atoms. The van der Waals surface area contributed by atoms with Gasteiger partial charge in [-0.3, -0.25) is 4.79 Å². The molecule has 94 valence electrons. The Labute approximate surface area is 105 Å². The van der Waals surface area contributed by atoms with Crippen LogP contribution >= 0.6 is 0 Å². The normalized spacial score (nSPS) is 20.0. The lowest BCUT2D eigenvalue weighted by Crippen LogP contribution is -2.25. The van der Waals surface area contributed by atoms with Crippen LogP contribution in [0.3, 0.4) is 0 Å². The fraction of sp³-hybridized carbons (Fsp3) is 0.385. The number of amides is 1. The first-order valence-corrected chi connectivity index (χ1v) is 6.05. The Hall–Kier alpha value is -1.88. The van der Waals surface area contributed by atoms with E-state index in [1.165, 1.54) is 0 Å². The van der Waals surface area contributed by atoms with E-state index in [4.69, 9.17) is 10.2 Å². The molecule has 1 unspecified atom stereocenters. The van der Waals surface area contributed by atoms with Crippen molar-refractivity contribution in [3.63, 3.8) is 0 Å². The van der Waals surface area contributed by atoms with Gasteiger partial charge in [0.25, 0.3) is 0 Å². The van der Waals surface area contributed by atoms with Crippen molar-refractivity contribution in [2.24, 2.45) is 11.7 Å². The van der Waals surface area contributed by atoms with Crippen LogP contribution < -0.4 is 10.6 Å². The molecule has 1 atom stereocenters. The predicted molar refractivity (Wildman–Crippen MR) is 68.3 cm³/mol. The summed E-state index contributed by atoms with van der Waals surface area (Å²) in [6.45, 7) is 3.01. The number of oxazole rings is 1. The third-order valence-corrected chi connectivity index (χ3v) is 3.33. The number of aromatic nitrogens is 1. The van der Waals surface area contributed by atoms with Crippen molar-refractivity contribution < 1.29 is 9.21 Å². The molecular formula is C13H15N3O2. The zero-order valence-electron chi connectivity index (χ0n) is 10.2. The number of fused-ring (bicyclic) bond motifs is 1. The summed E-state index contributed by atoms with van der Waals surface area (Å²) in [4.78, 5) is 18.1. The zero-order valence-corrected chi connectivity index (χ0v) is 10.2.